The highest BCUT2D eigenvalue weighted by atomic mass is 16.5. The quantitative estimate of drug-likeness (QED) is 0.801. The van der Waals surface area contributed by atoms with E-state index < -0.39 is 6.04 Å². The fraction of sp³-hybridized carbons (Fsp3) is 0.846. The molecule has 102 valence electrons. The van der Waals surface area contributed by atoms with Crippen molar-refractivity contribution in [2.24, 2.45) is 11.7 Å². The van der Waals surface area contributed by atoms with Gasteiger partial charge in [-0.25, -0.2) is 0 Å². The van der Waals surface area contributed by atoms with E-state index in [-0.39, 0.29) is 17.7 Å². The van der Waals surface area contributed by atoms with Crippen LogP contribution in [0, 0.1) is 5.92 Å². The fourth-order valence-corrected chi connectivity index (χ4v) is 3.24. The average Bonchev–Trinajstić information content (AvgIpc) is 2.76. The highest BCUT2D eigenvalue weighted by Gasteiger charge is 2.38. The predicted molar refractivity (Wildman–Crippen MR) is 66.7 cm³/mol. The van der Waals surface area contributed by atoms with Crippen LogP contribution >= 0.6 is 0 Å². The van der Waals surface area contributed by atoms with Crippen molar-refractivity contribution in [2.75, 3.05) is 13.7 Å². The Morgan fingerprint density at radius 2 is 2.06 bits per heavy atom. The van der Waals surface area contributed by atoms with E-state index in [0.29, 0.717) is 19.1 Å². The van der Waals surface area contributed by atoms with Crippen LogP contribution in [-0.4, -0.2) is 42.5 Å². The molecule has 0 bridgehead atoms. The molecule has 18 heavy (non-hydrogen) atoms. The second kappa shape index (κ2) is 5.69. The van der Waals surface area contributed by atoms with Gasteiger partial charge in [-0.1, -0.05) is 0 Å². The molecule has 5 heteroatoms. The van der Waals surface area contributed by atoms with Crippen LogP contribution in [0.15, 0.2) is 0 Å². The molecule has 5 nitrogen and oxygen atoms in total. The summed E-state index contributed by atoms with van der Waals surface area (Å²) < 4.78 is 5.33. The molecule has 1 saturated carbocycles. The number of hydrogen-bond acceptors (Lipinski definition) is 3. The third kappa shape index (κ3) is 2.66. The van der Waals surface area contributed by atoms with E-state index in [2.05, 4.69) is 0 Å². The first-order valence-corrected chi connectivity index (χ1v) is 6.75. The number of methoxy groups -OCH3 is 1. The Balaban J connectivity index is 2.02. The van der Waals surface area contributed by atoms with Gasteiger partial charge in [0, 0.05) is 20.1 Å². The molecule has 1 saturated heterocycles. The average molecular weight is 254 g/mol. The molecule has 1 unspecified atom stereocenters. The first-order valence-electron chi connectivity index (χ1n) is 6.75. The van der Waals surface area contributed by atoms with Crippen molar-refractivity contribution < 1.29 is 14.3 Å². The van der Waals surface area contributed by atoms with Gasteiger partial charge in [-0.2, -0.15) is 0 Å². The monoisotopic (exact) mass is 254 g/mol. The molecule has 0 aromatic heterocycles. The lowest BCUT2D eigenvalue weighted by Crippen LogP contribution is -2.51. The Morgan fingerprint density at radius 3 is 2.50 bits per heavy atom. The lowest BCUT2D eigenvalue weighted by Gasteiger charge is -2.36. The molecule has 0 aromatic rings. The van der Waals surface area contributed by atoms with Crippen LogP contribution in [-0.2, 0) is 14.3 Å². The summed E-state index contributed by atoms with van der Waals surface area (Å²) in [6, 6.07) is -0.405. The minimum atomic E-state index is -0.405. The molecule has 1 aliphatic carbocycles. The van der Waals surface area contributed by atoms with Gasteiger partial charge in [0.25, 0.3) is 0 Å². The Hall–Kier alpha value is -1.10. The van der Waals surface area contributed by atoms with Gasteiger partial charge < -0.3 is 15.4 Å². The number of nitrogens with two attached hydrogens (primary N) is 1. The fourth-order valence-electron chi connectivity index (χ4n) is 3.24. The molecule has 0 aromatic carbocycles. The number of amides is 2. The lowest BCUT2D eigenvalue weighted by molar-refractivity contribution is -0.138. The highest BCUT2D eigenvalue weighted by molar-refractivity contribution is 5.87. The van der Waals surface area contributed by atoms with Gasteiger partial charge in [0.15, 0.2) is 0 Å². The van der Waals surface area contributed by atoms with Crippen molar-refractivity contribution in [2.45, 2.75) is 50.7 Å². The van der Waals surface area contributed by atoms with Crippen molar-refractivity contribution >= 4 is 11.8 Å². The largest absolute Gasteiger partial charge is 0.381 e. The third-order valence-electron chi connectivity index (χ3n) is 4.24. The summed E-state index contributed by atoms with van der Waals surface area (Å²) in [5.74, 6) is -0.0743. The first kappa shape index (κ1) is 13.3. The zero-order valence-corrected chi connectivity index (χ0v) is 10.9. The highest BCUT2D eigenvalue weighted by Crippen LogP contribution is 2.32. The number of primary amides is 1. The van der Waals surface area contributed by atoms with E-state index >= 15 is 0 Å². The summed E-state index contributed by atoms with van der Waals surface area (Å²) in [6.45, 7) is 0.677. The zero-order valence-electron chi connectivity index (χ0n) is 10.9. The van der Waals surface area contributed by atoms with Crippen molar-refractivity contribution in [3.63, 3.8) is 0 Å². The SMILES string of the molecule is COC1CCC(C(C(N)=O)N2CCCC2=O)CC1. The van der Waals surface area contributed by atoms with Gasteiger partial charge in [0.2, 0.25) is 11.8 Å². The smallest absolute Gasteiger partial charge is 0.240 e. The third-order valence-corrected chi connectivity index (χ3v) is 4.24. The van der Waals surface area contributed by atoms with Crippen LogP contribution in [0.3, 0.4) is 0 Å². The van der Waals surface area contributed by atoms with Gasteiger partial charge >= 0.3 is 0 Å². The number of nitrogens with zero attached hydrogens (tertiary/aromatic N) is 1. The molecule has 0 radical (unpaired) electrons. The molecule has 1 aliphatic heterocycles. The summed E-state index contributed by atoms with van der Waals surface area (Å²) in [5.41, 5.74) is 5.51. The van der Waals surface area contributed by atoms with Gasteiger partial charge in [-0.05, 0) is 38.0 Å². The summed E-state index contributed by atoms with van der Waals surface area (Å²) in [5, 5.41) is 0. The number of carbonyl (C=O) groups is 2. The van der Waals surface area contributed by atoms with Crippen LogP contribution in [0.25, 0.3) is 0 Å². The summed E-state index contributed by atoms with van der Waals surface area (Å²) in [7, 11) is 1.72. The van der Waals surface area contributed by atoms with Crippen LogP contribution in [0.1, 0.15) is 38.5 Å². The minimum Gasteiger partial charge on any atom is -0.381 e. The number of carbonyl (C=O) groups excluding carboxylic acids is 2. The summed E-state index contributed by atoms with van der Waals surface area (Å²) >= 11 is 0. The molecule has 2 N–H and O–H groups in total. The van der Waals surface area contributed by atoms with Gasteiger partial charge in [0.05, 0.1) is 6.10 Å². The van der Waals surface area contributed by atoms with Crippen molar-refractivity contribution in [1.82, 2.24) is 4.90 Å². The van der Waals surface area contributed by atoms with Crippen molar-refractivity contribution in [3.8, 4) is 0 Å². The standard InChI is InChI=1S/C13H22N2O3/c1-18-10-6-4-9(5-7-10)12(13(14)17)15-8-2-3-11(15)16/h9-10,12H,2-8H2,1H3,(H2,14,17). The van der Waals surface area contributed by atoms with Gasteiger partial charge in [0.1, 0.15) is 6.04 Å². The second-order valence-corrected chi connectivity index (χ2v) is 5.31. The van der Waals surface area contributed by atoms with E-state index in [0.717, 1.165) is 32.1 Å². The van der Waals surface area contributed by atoms with E-state index in [1.165, 1.54) is 0 Å². The Morgan fingerprint density at radius 1 is 1.39 bits per heavy atom. The maximum atomic E-state index is 11.8. The first-order chi connectivity index (χ1) is 8.63. The number of likely N-dealkylation sites (tertiary alicyclic amines) is 1. The van der Waals surface area contributed by atoms with Crippen molar-refractivity contribution in [1.29, 1.82) is 0 Å². The molecule has 2 fully saturated rings. The van der Waals surface area contributed by atoms with Crippen LogP contribution in [0.2, 0.25) is 0 Å². The maximum Gasteiger partial charge on any atom is 0.240 e. The zero-order chi connectivity index (χ0) is 13.1. The number of hydrogen-bond donors (Lipinski definition) is 1. The molecular weight excluding hydrogens is 232 g/mol. The number of ether oxygens (including phenoxy) is 1. The summed E-state index contributed by atoms with van der Waals surface area (Å²) in [6.07, 6.45) is 5.42. The normalized spacial score (nSPS) is 30.5. The van der Waals surface area contributed by atoms with E-state index in [9.17, 15) is 9.59 Å². The van der Waals surface area contributed by atoms with E-state index in [1.807, 2.05) is 0 Å². The van der Waals surface area contributed by atoms with E-state index in [1.54, 1.807) is 12.0 Å². The Labute approximate surface area is 108 Å². The predicted octanol–water partition coefficient (Wildman–Crippen LogP) is 0.668. The Kier molecular flexibility index (Phi) is 4.22. The summed E-state index contributed by atoms with van der Waals surface area (Å²) in [4.78, 5) is 25.2. The molecule has 2 rings (SSSR count). The minimum absolute atomic E-state index is 0.0765. The Bertz CT molecular complexity index is 324. The van der Waals surface area contributed by atoms with Crippen molar-refractivity contribution in [3.05, 3.63) is 0 Å². The second-order valence-electron chi connectivity index (χ2n) is 5.31. The van der Waals surface area contributed by atoms with E-state index in [4.69, 9.17) is 10.5 Å². The topological polar surface area (TPSA) is 72.6 Å². The number of rotatable bonds is 4. The molecule has 2 amide bonds. The molecule has 1 atom stereocenters. The van der Waals surface area contributed by atoms with Crippen LogP contribution in [0.5, 0.6) is 0 Å². The van der Waals surface area contributed by atoms with Gasteiger partial charge in [-0.3, -0.25) is 9.59 Å². The van der Waals surface area contributed by atoms with Crippen LogP contribution in [0.4, 0.5) is 0 Å². The van der Waals surface area contributed by atoms with Gasteiger partial charge in [-0.15, -0.1) is 0 Å². The lowest BCUT2D eigenvalue weighted by atomic mass is 9.81. The maximum absolute atomic E-state index is 11.8. The molecule has 1 heterocycles. The molecule has 0 spiro atoms. The van der Waals surface area contributed by atoms with Crippen LogP contribution < -0.4 is 5.73 Å². The molecular formula is C13H22N2O3. The molecule has 2 aliphatic rings.